The molecule has 3 saturated carbocycles. The first-order valence-electron chi connectivity index (χ1n) is 7.42. The number of fused-ring (bicyclic) bond motifs is 2. The van der Waals surface area contributed by atoms with Gasteiger partial charge in [0.25, 0.3) is 0 Å². The van der Waals surface area contributed by atoms with Crippen LogP contribution in [0.25, 0.3) is 0 Å². The molecule has 3 rings (SSSR count). The Morgan fingerprint density at radius 2 is 2.11 bits per heavy atom. The van der Waals surface area contributed by atoms with Crippen molar-refractivity contribution in [2.45, 2.75) is 39.5 Å². The summed E-state index contributed by atoms with van der Waals surface area (Å²) in [6.07, 6.45) is 6.51. The molecule has 0 saturated heterocycles. The highest BCUT2D eigenvalue weighted by molar-refractivity contribution is 5.81. The van der Waals surface area contributed by atoms with Gasteiger partial charge in [-0.15, -0.1) is 0 Å². The molecule has 3 aliphatic carbocycles. The molecule has 0 aromatic heterocycles. The van der Waals surface area contributed by atoms with E-state index in [-0.39, 0.29) is 5.97 Å². The molecule has 3 heteroatoms. The topological polar surface area (TPSA) is 35.5 Å². The fourth-order valence-corrected chi connectivity index (χ4v) is 3.90. The second-order valence-electron chi connectivity index (χ2n) is 6.47. The molecule has 2 bridgehead atoms. The molecule has 0 N–H and O–H groups in total. The smallest absolute Gasteiger partial charge is 0.330 e. The van der Waals surface area contributed by atoms with Crippen molar-refractivity contribution in [3.63, 3.8) is 0 Å². The van der Waals surface area contributed by atoms with Gasteiger partial charge >= 0.3 is 5.97 Å². The van der Waals surface area contributed by atoms with E-state index in [1.165, 1.54) is 25.3 Å². The zero-order chi connectivity index (χ0) is 13.9. The first kappa shape index (κ1) is 14.6. The first-order valence-corrected chi connectivity index (χ1v) is 7.42. The predicted molar refractivity (Wildman–Crippen MR) is 74.7 cm³/mol. The molecule has 0 aromatic rings. The third-order valence-corrected chi connectivity index (χ3v) is 5.27. The minimum Gasteiger partial charge on any atom is -0.460 e. The van der Waals surface area contributed by atoms with Crippen molar-refractivity contribution in [1.29, 1.82) is 0 Å². The van der Waals surface area contributed by atoms with Crippen LogP contribution in [0.15, 0.2) is 12.7 Å². The van der Waals surface area contributed by atoms with Gasteiger partial charge in [-0.05, 0) is 48.9 Å². The van der Waals surface area contributed by atoms with Gasteiger partial charge in [-0.25, -0.2) is 4.79 Å². The van der Waals surface area contributed by atoms with Gasteiger partial charge in [0, 0.05) is 12.7 Å². The van der Waals surface area contributed by atoms with E-state index < -0.39 is 0 Å². The van der Waals surface area contributed by atoms with Crippen LogP contribution >= 0.6 is 0 Å². The molecule has 0 heterocycles. The van der Waals surface area contributed by atoms with Crippen molar-refractivity contribution in [3.8, 4) is 0 Å². The van der Waals surface area contributed by atoms with Crippen molar-refractivity contribution in [2.24, 2.45) is 23.2 Å². The van der Waals surface area contributed by atoms with Crippen molar-refractivity contribution < 1.29 is 14.3 Å². The van der Waals surface area contributed by atoms with Crippen LogP contribution in [-0.2, 0) is 14.3 Å². The lowest BCUT2D eigenvalue weighted by Crippen LogP contribution is -2.52. The second-order valence-corrected chi connectivity index (χ2v) is 6.47. The van der Waals surface area contributed by atoms with E-state index >= 15 is 0 Å². The summed E-state index contributed by atoms with van der Waals surface area (Å²) in [5.74, 6) is 2.32. The number of esters is 1. The van der Waals surface area contributed by atoms with Crippen molar-refractivity contribution in [1.82, 2.24) is 0 Å². The van der Waals surface area contributed by atoms with Gasteiger partial charge in [0.2, 0.25) is 0 Å². The maximum atomic E-state index is 10.8. The van der Waals surface area contributed by atoms with Crippen molar-refractivity contribution in [2.75, 3.05) is 19.8 Å². The van der Waals surface area contributed by atoms with E-state index in [4.69, 9.17) is 9.47 Å². The third-order valence-electron chi connectivity index (χ3n) is 5.27. The molecule has 0 aliphatic heterocycles. The third kappa shape index (κ3) is 3.19. The molecular weight excluding hydrogens is 240 g/mol. The SMILES string of the molecule is C=CC(=O)OCCOCCC1CCC2CC1C2(C)C. The summed E-state index contributed by atoms with van der Waals surface area (Å²) in [5.41, 5.74) is 0.558. The Morgan fingerprint density at radius 1 is 1.32 bits per heavy atom. The quantitative estimate of drug-likeness (QED) is 0.403. The number of hydrogen-bond acceptors (Lipinski definition) is 3. The van der Waals surface area contributed by atoms with Crippen molar-refractivity contribution >= 4 is 5.97 Å². The van der Waals surface area contributed by atoms with Crippen LogP contribution in [0.2, 0.25) is 0 Å². The molecule has 3 atom stereocenters. The molecule has 19 heavy (non-hydrogen) atoms. The minimum atomic E-state index is -0.377. The molecule has 3 fully saturated rings. The summed E-state index contributed by atoms with van der Waals surface area (Å²) in [5, 5.41) is 0. The number of carbonyl (C=O) groups excluding carboxylic acids is 1. The Balaban J connectivity index is 1.56. The lowest BCUT2D eigenvalue weighted by molar-refractivity contribution is -0.139. The molecule has 0 radical (unpaired) electrons. The van der Waals surface area contributed by atoms with E-state index in [9.17, 15) is 4.79 Å². The summed E-state index contributed by atoms with van der Waals surface area (Å²) in [6.45, 7) is 9.80. The van der Waals surface area contributed by atoms with Gasteiger partial charge in [0.1, 0.15) is 6.61 Å². The van der Waals surface area contributed by atoms with Crippen molar-refractivity contribution in [3.05, 3.63) is 12.7 Å². The molecule has 0 amide bonds. The first-order chi connectivity index (χ1) is 9.05. The van der Waals surface area contributed by atoms with E-state index in [2.05, 4.69) is 20.4 Å². The Morgan fingerprint density at radius 3 is 2.74 bits per heavy atom. The van der Waals surface area contributed by atoms with Crippen LogP contribution in [0.3, 0.4) is 0 Å². The van der Waals surface area contributed by atoms with Crippen LogP contribution in [0.4, 0.5) is 0 Å². The van der Waals surface area contributed by atoms with Crippen LogP contribution in [0.1, 0.15) is 39.5 Å². The normalized spacial score (nSPS) is 31.4. The largest absolute Gasteiger partial charge is 0.460 e. The minimum absolute atomic E-state index is 0.326. The summed E-state index contributed by atoms with van der Waals surface area (Å²) < 4.78 is 10.4. The zero-order valence-corrected chi connectivity index (χ0v) is 12.2. The number of carbonyl (C=O) groups is 1. The lowest BCUT2D eigenvalue weighted by atomic mass is 9.45. The van der Waals surface area contributed by atoms with Gasteiger partial charge in [-0.3, -0.25) is 0 Å². The molecule has 0 spiro atoms. The van der Waals surface area contributed by atoms with E-state index in [1.807, 2.05) is 0 Å². The Kier molecular flexibility index (Phi) is 4.67. The van der Waals surface area contributed by atoms with Crippen LogP contribution in [0, 0.1) is 23.2 Å². The zero-order valence-electron chi connectivity index (χ0n) is 12.2. The summed E-state index contributed by atoms with van der Waals surface area (Å²) >= 11 is 0. The van der Waals surface area contributed by atoms with Gasteiger partial charge < -0.3 is 9.47 Å². The fraction of sp³-hybridized carbons (Fsp3) is 0.812. The van der Waals surface area contributed by atoms with Crippen LogP contribution < -0.4 is 0 Å². The molecule has 0 aromatic carbocycles. The molecule has 3 nitrogen and oxygen atoms in total. The average molecular weight is 266 g/mol. The standard InChI is InChI=1S/C16H26O3/c1-4-15(17)19-10-9-18-8-7-12-5-6-13-11-14(12)16(13,2)3/h4,12-14H,1,5-11H2,2-3H3. The lowest BCUT2D eigenvalue weighted by Gasteiger charge is -2.60. The summed E-state index contributed by atoms with van der Waals surface area (Å²) in [7, 11) is 0. The molecule has 108 valence electrons. The van der Waals surface area contributed by atoms with E-state index in [1.54, 1.807) is 0 Å². The van der Waals surface area contributed by atoms with Crippen LogP contribution in [0.5, 0.6) is 0 Å². The molecular formula is C16H26O3. The summed E-state index contributed by atoms with van der Waals surface area (Å²) in [6, 6.07) is 0. The molecule has 3 aliphatic rings. The maximum Gasteiger partial charge on any atom is 0.330 e. The van der Waals surface area contributed by atoms with E-state index in [0.717, 1.165) is 30.8 Å². The maximum absolute atomic E-state index is 10.8. The highest BCUT2D eigenvalue weighted by Gasteiger charge is 2.53. The van der Waals surface area contributed by atoms with Gasteiger partial charge in [0.15, 0.2) is 0 Å². The Hall–Kier alpha value is -0.830. The highest BCUT2D eigenvalue weighted by Crippen LogP contribution is 2.61. The van der Waals surface area contributed by atoms with Gasteiger partial charge in [0.05, 0.1) is 6.61 Å². The van der Waals surface area contributed by atoms with E-state index in [0.29, 0.717) is 18.6 Å². The monoisotopic (exact) mass is 266 g/mol. The summed E-state index contributed by atoms with van der Waals surface area (Å²) in [4.78, 5) is 10.8. The fourth-order valence-electron chi connectivity index (χ4n) is 3.90. The second kappa shape index (κ2) is 6.08. The predicted octanol–water partition coefficient (Wildman–Crippen LogP) is 3.19. The number of hydrogen-bond donors (Lipinski definition) is 0. The Bertz CT molecular complexity index is 333. The van der Waals surface area contributed by atoms with Gasteiger partial charge in [-0.2, -0.15) is 0 Å². The average Bonchev–Trinajstić information content (AvgIpc) is 2.42. The Labute approximate surface area is 116 Å². The number of rotatable bonds is 7. The number of ether oxygens (including phenoxy) is 2. The highest BCUT2D eigenvalue weighted by atomic mass is 16.6. The molecule has 3 unspecified atom stereocenters. The van der Waals surface area contributed by atoms with Gasteiger partial charge in [-0.1, -0.05) is 20.4 Å². The van der Waals surface area contributed by atoms with Crippen LogP contribution in [-0.4, -0.2) is 25.8 Å².